The topological polar surface area (TPSA) is 122 Å². The molecule has 2 aromatic rings. The van der Waals surface area contributed by atoms with Gasteiger partial charge in [0.25, 0.3) is 5.91 Å². The number of esters is 1. The van der Waals surface area contributed by atoms with Crippen LogP contribution in [-0.2, 0) is 34.7 Å². The van der Waals surface area contributed by atoms with Gasteiger partial charge in [0.05, 0.1) is 16.6 Å². The molecule has 3 aliphatic rings. The van der Waals surface area contributed by atoms with Crippen molar-refractivity contribution in [1.29, 1.82) is 0 Å². The molecule has 5 rings (SSSR count). The molecule has 0 spiro atoms. The molecule has 230 valence electrons. The minimum Gasteiger partial charge on any atom is -0.448 e. The summed E-state index contributed by atoms with van der Waals surface area (Å²) < 4.78 is 25.0. The number of hydrogen-bond acceptors (Lipinski definition) is 7. The Morgan fingerprint density at radius 2 is 1.68 bits per heavy atom. The summed E-state index contributed by atoms with van der Waals surface area (Å²) in [4.78, 5) is 56.0. The molecular formula is C33H35N3O7S. The van der Waals surface area contributed by atoms with Gasteiger partial charge in [-0.1, -0.05) is 66.7 Å². The van der Waals surface area contributed by atoms with Gasteiger partial charge in [0.15, 0.2) is 6.10 Å². The van der Waals surface area contributed by atoms with E-state index in [9.17, 15) is 23.4 Å². The Hall–Kier alpha value is -4.51. The molecule has 0 radical (unpaired) electrons. The van der Waals surface area contributed by atoms with Crippen molar-refractivity contribution in [3.63, 3.8) is 0 Å². The minimum atomic E-state index is -1.71. The van der Waals surface area contributed by atoms with E-state index in [1.807, 2.05) is 60.7 Å². The van der Waals surface area contributed by atoms with Crippen LogP contribution in [0.4, 0.5) is 4.79 Å². The Morgan fingerprint density at radius 1 is 1.07 bits per heavy atom. The van der Waals surface area contributed by atoms with Gasteiger partial charge in [-0.05, 0) is 50.0 Å². The lowest BCUT2D eigenvalue weighted by atomic mass is 10.00. The van der Waals surface area contributed by atoms with Crippen molar-refractivity contribution in [2.45, 2.75) is 50.3 Å². The Morgan fingerprint density at radius 3 is 2.25 bits per heavy atom. The summed E-state index contributed by atoms with van der Waals surface area (Å²) in [6.45, 7) is 9.61. The fraction of sp³-hybridized carbons (Fsp3) is 0.333. The number of hydrogen-bond donors (Lipinski definition) is 1. The molecule has 2 aromatic carbocycles. The molecule has 3 aliphatic heterocycles. The summed E-state index contributed by atoms with van der Waals surface area (Å²) in [7, 11) is -1.71. The quantitative estimate of drug-likeness (QED) is 0.207. The summed E-state index contributed by atoms with van der Waals surface area (Å²) in [5.41, 5.74) is 1.22. The van der Waals surface area contributed by atoms with Crippen LogP contribution in [0.2, 0.25) is 0 Å². The van der Waals surface area contributed by atoms with Crippen molar-refractivity contribution in [1.82, 2.24) is 15.1 Å². The SMILES string of the molecule is C=CCN1CC/C(=C\C2=C(C(=O)OC(c3ccccc3)c3ccccc3)N3C(=O)[C@@H](NC(=O)OC(C)(C)C)[C@H]3[S@](=O)C2)C1=O. The number of carbonyl (C=O) groups excluding carboxylic acids is 4. The van der Waals surface area contributed by atoms with Gasteiger partial charge in [-0.3, -0.25) is 18.7 Å². The average molecular weight is 618 g/mol. The molecule has 0 aromatic heterocycles. The molecule has 0 unspecified atom stereocenters. The van der Waals surface area contributed by atoms with E-state index in [0.29, 0.717) is 36.2 Å². The Balaban J connectivity index is 1.53. The van der Waals surface area contributed by atoms with Gasteiger partial charge in [-0.15, -0.1) is 6.58 Å². The first-order valence-corrected chi connectivity index (χ1v) is 15.7. The predicted molar refractivity (Wildman–Crippen MR) is 164 cm³/mol. The number of benzene rings is 2. The highest BCUT2D eigenvalue weighted by molar-refractivity contribution is 7.86. The maximum atomic E-state index is 14.1. The number of carbonyl (C=O) groups is 4. The first kappa shape index (κ1) is 30.9. The summed E-state index contributed by atoms with van der Waals surface area (Å²) in [5.74, 6) is -1.78. The van der Waals surface area contributed by atoms with Gasteiger partial charge in [0.2, 0.25) is 5.91 Å². The second-order valence-electron chi connectivity index (χ2n) is 11.7. The van der Waals surface area contributed by atoms with Crippen molar-refractivity contribution in [3.05, 3.63) is 107 Å². The van der Waals surface area contributed by atoms with Crippen molar-refractivity contribution in [2.24, 2.45) is 0 Å². The summed E-state index contributed by atoms with van der Waals surface area (Å²) in [6, 6.07) is 17.2. The molecule has 2 fully saturated rings. The van der Waals surface area contributed by atoms with Crippen LogP contribution in [-0.4, -0.2) is 73.7 Å². The van der Waals surface area contributed by atoms with Gasteiger partial charge >= 0.3 is 12.1 Å². The highest BCUT2D eigenvalue weighted by Gasteiger charge is 2.57. The average Bonchev–Trinajstić information content (AvgIpc) is 3.32. The second kappa shape index (κ2) is 12.6. The molecule has 0 aliphatic carbocycles. The van der Waals surface area contributed by atoms with Crippen molar-refractivity contribution in [2.75, 3.05) is 18.8 Å². The van der Waals surface area contributed by atoms with E-state index in [2.05, 4.69) is 11.9 Å². The van der Waals surface area contributed by atoms with Crippen LogP contribution >= 0.6 is 0 Å². The van der Waals surface area contributed by atoms with Crippen LogP contribution in [0.5, 0.6) is 0 Å². The van der Waals surface area contributed by atoms with E-state index in [1.165, 1.54) is 0 Å². The summed E-state index contributed by atoms with van der Waals surface area (Å²) in [6.07, 6.45) is 1.97. The second-order valence-corrected chi connectivity index (χ2v) is 13.2. The van der Waals surface area contributed by atoms with Crippen LogP contribution < -0.4 is 5.32 Å². The number of likely N-dealkylation sites (tertiary alicyclic amines) is 1. The molecule has 0 bridgehead atoms. The largest absolute Gasteiger partial charge is 0.448 e. The van der Waals surface area contributed by atoms with Gasteiger partial charge < -0.3 is 19.7 Å². The first-order valence-electron chi connectivity index (χ1n) is 14.3. The number of allylic oxidation sites excluding steroid dienone is 1. The summed E-state index contributed by atoms with van der Waals surface area (Å²) in [5, 5.41) is 1.50. The van der Waals surface area contributed by atoms with Crippen molar-refractivity contribution in [3.8, 4) is 0 Å². The number of fused-ring (bicyclic) bond motifs is 1. The summed E-state index contributed by atoms with van der Waals surface area (Å²) >= 11 is 0. The first-order chi connectivity index (χ1) is 21.0. The van der Waals surface area contributed by atoms with E-state index in [0.717, 1.165) is 4.90 Å². The van der Waals surface area contributed by atoms with E-state index >= 15 is 0 Å². The molecule has 11 heteroatoms. The lowest BCUT2D eigenvalue weighted by Gasteiger charge is -2.49. The number of nitrogens with zero attached hydrogens (tertiary/aromatic N) is 2. The zero-order chi connectivity index (χ0) is 31.6. The maximum Gasteiger partial charge on any atom is 0.408 e. The standard InChI is InChI=1S/C33H35N3O7S/c1-5-17-35-18-16-23(28(35)37)19-24-20-44(41)30-25(34-32(40)43-33(2,3)4)29(38)36(30)26(24)31(39)42-27(21-12-8-6-9-13-21)22-14-10-7-11-15-22/h5-15,19,25,27,30H,1,16-18,20H2,2-4H3,(H,34,40)/b23-19+/t25-,30-,44-/m1/s1. The van der Waals surface area contributed by atoms with Gasteiger partial charge in [0.1, 0.15) is 22.7 Å². The normalized spacial score (nSPS) is 22.5. The molecule has 3 heterocycles. The molecule has 1 N–H and O–H groups in total. The lowest BCUT2D eigenvalue weighted by molar-refractivity contribution is -0.153. The molecule has 3 atom stereocenters. The number of alkyl carbamates (subject to hydrolysis) is 1. The van der Waals surface area contributed by atoms with Crippen molar-refractivity contribution >= 4 is 34.7 Å². The fourth-order valence-electron chi connectivity index (χ4n) is 5.43. The van der Waals surface area contributed by atoms with E-state index in [4.69, 9.17) is 9.47 Å². The van der Waals surface area contributed by atoms with Gasteiger partial charge in [-0.2, -0.15) is 0 Å². The highest BCUT2D eigenvalue weighted by Crippen LogP contribution is 2.38. The smallest absolute Gasteiger partial charge is 0.408 e. The Kier molecular flexibility index (Phi) is 8.87. The third kappa shape index (κ3) is 6.37. The molecule has 44 heavy (non-hydrogen) atoms. The predicted octanol–water partition coefficient (Wildman–Crippen LogP) is 3.74. The zero-order valence-corrected chi connectivity index (χ0v) is 25.7. The highest BCUT2D eigenvalue weighted by atomic mass is 32.2. The van der Waals surface area contributed by atoms with Gasteiger partial charge in [-0.25, -0.2) is 9.59 Å². The van der Waals surface area contributed by atoms with E-state index in [1.54, 1.807) is 37.8 Å². The van der Waals surface area contributed by atoms with Crippen LogP contribution in [0.15, 0.2) is 96.2 Å². The monoisotopic (exact) mass is 617 g/mol. The van der Waals surface area contributed by atoms with Crippen LogP contribution in [0.3, 0.4) is 0 Å². The van der Waals surface area contributed by atoms with Crippen LogP contribution in [0.25, 0.3) is 0 Å². The number of rotatable bonds is 8. The Bertz CT molecular complexity index is 1520. The number of nitrogens with one attached hydrogen (secondary N) is 1. The lowest BCUT2D eigenvalue weighted by Crippen LogP contribution is -2.73. The molecule has 0 saturated carbocycles. The van der Waals surface area contributed by atoms with Crippen LogP contribution in [0, 0.1) is 0 Å². The van der Waals surface area contributed by atoms with Crippen molar-refractivity contribution < 1.29 is 32.9 Å². The molecule has 10 nitrogen and oxygen atoms in total. The third-order valence-corrected chi connectivity index (χ3v) is 8.98. The number of amides is 3. The van der Waals surface area contributed by atoms with Gasteiger partial charge in [0, 0.05) is 18.7 Å². The maximum absolute atomic E-state index is 14.1. The number of β-lactam (4-membered cyclic amide) rings is 1. The zero-order valence-electron chi connectivity index (χ0n) is 24.9. The van der Waals surface area contributed by atoms with E-state index in [-0.39, 0.29) is 22.9 Å². The Labute approximate surface area is 258 Å². The molecular weight excluding hydrogens is 582 g/mol. The van der Waals surface area contributed by atoms with Crippen LogP contribution in [0.1, 0.15) is 44.4 Å². The fourth-order valence-corrected chi connectivity index (χ4v) is 7.06. The van der Waals surface area contributed by atoms with E-state index < -0.39 is 51.9 Å². The minimum absolute atomic E-state index is 0.0961. The number of ether oxygens (including phenoxy) is 2. The molecule has 2 saturated heterocycles. The third-order valence-electron chi connectivity index (χ3n) is 7.36. The molecule has 3 amide bonds.